The van der Waals surface area contributed by atoms with Gasteiger partial charge >= 0.3 is 0 Å². The molecule has 0 aliphatic carbocycles. The zero-order chi connectivity index (χ0) is 9.84. The quantitative estimate of drug-likeness (QED) is 0.607. The molecule has 0 bridgehead atoms. The molecule has 0 fully saturated rings. The number of nitrogens with zero attached hydrogens (tertiary/aromatic N) is 1. The molecule has 0 aliphatic rings. The first kappa shape index (κ1) is 10.5. The molecule has 0 saturated heterocycles. The number of hydrogen-bond donors (Lipinski definition) is 0. The van der Waals surface area contributed by atoms with Gasteiger partial charge in [-0.15, -0.1) is 4.58 Å². The Balaban J connectivity index is 2.89. The molecule has 1 amide bonds. The lowest BCUT2D eigenvalue weighted by Gasteiger charge is -2.09. The second-order valence-corrected chi connectivity index (χ2v) is 3.47. The number of hydroxylamine groups is 1. The summed E-state index contributed by atoms with van der Waals surface area (Å²) in [7, 11) is 1.32. The summed E-state index contributed by atoms with van der Waals surface area (Å²) in [5.41, 5.74) is 0.464. The fourth-order valence-electron chi connectivity index (χ4n) is 0.806. The van der Waals surface area contributed by atoms with Crippen molar-refractivity contribution in [2.45, 2.75) is 0 Å². The van der Waals surface area contributed by atoms with Crippen molar-refractivity contribution in [3.8, 4) is 0 Å². The van der Waals surface area contributed by atoms with Crippen LogP contribution >= 0.6 is 27.7 Å². The minimum atomic E-state index is -0.398. The summed E-state index contributed by atoms with van der Waals surface area (Å²) in [6.45, 7) is 0. The van der Waals surface area contributed by atoms with Crippen LogP contribution in [0.4, 0.5) is 0 Å². The van der Waals surface area contributed by atoms with Crippen LogP contribution in [0.5, 0.6) is 0 Å². The van der Waals surface area contributed by atoms with E-state index in [0.717, 1.165) is 4.47 Å². The summed E-state index contributed by atoms with van der Waals surface area (Å²) in [5.74, 6) is -0.398. The van der Waals surface area contributed by atoms with Crippen molar-refractivity contribution in [1.82, 2.24) is 4.58 Å². The summed E-state index contributed by atoms with van der Waals surface area (Å²) in [5, 5.41) is 0. The van der Waals surface area contributed by atoms with E-state index in [4.69, 9.17) is 11.8 Å². The Hall–Kier alpha value is -0.580. The van der Waals surface area contributed by atoms with Gasteiger partial charge in [0.2, 0.25) is 0 Å². The summed E-state index contributed by atoms with van der Waals surface area (Å²) in [6.07, 6.45) is 0. The van der Waals surface area contributed by atoms with Crippen LogP contribution in [-0.2, 0) is 4.84 Å². The third kappa shape index (κ3) is 2.69. The van der Waals surface area contributed by atoms with Gasteiger partial charge in [0.15, 0.2) is 0 Å². The van der Waals surface area contributed by atoms with Crippen molar-refractivity contribution in [2.75, 3.05) is 7.11 Å². The van der Waals surface area contributed by atoms with Crippen LogP contribution in [0.15, 0.2) is 28.7 Å². The topological polar surface area (TPSA) is 29.5 Å². The van der Waals surface area contributed by atoms with Gasteiger partial charge in [-0.1, -0.05) is 22.0 Å². The van der Waals surface area contributed by atoms with Gasteiger partial charge in [0.25, 0.3) is 5.91 Å². The van der Waals surface area contributed by atoms with Crippen molar-refractivity contribution in [3.05, 3.63) is 34.3 Å². The normalized spacial score (nSPS) is 9.77. The first-order valence-corrected chi connectivity index (χ1v) is 4.58. The second-order valence-electron chi connectivity index (χ2n) is 2.24. The Bertz CT molecular complexity index is 319. The van der Waals surface area contributed by atoms with Crippen LogP contribution in [0.3, 0.4) is 0 Å². The standard InChI is InChI=1S/C8H7BrClNO2/c1-13-11(10)8(12)6-3-2-4-7(9)5-6/h2-5H,1H3. The molecule has 1 aromatic carbocycles. The minimum Gasteiger partial charge on any atom is -0.265 e. The number of benzene rings is 1. The van der Waals surface area contributed by atoms with E-state index in [1.165, 1.54) is 7.11 Å². The number of rotatable bonds is 2. The van der Waals surface area contributed by atoms with Crippen LogP contribution in [0.25, 0.3) is 0 Å². The molecule has 0 heterocycles. The van der Waals surface area contributed by atoms with E-state index in [-0.39, 0.29) is 0 Å². The molecule has 3 nitrogen and oxygen atoms in total. The van der Waals surface area contributed by atoms with Gasteiger partial charge in [-0.2, -0.15) is 0 Å². The smallest absolute Gasteiger partial charge is 0.265 e. The molecule has 0 spiro atoms. The number of carbonyl (C=O) groups excluding carboxylic acids is 1. The summed E-state index contributed by atoms with van der Waals surface area (Å²) in [6, 6.07) is 6.89. The first-order chi connectivity index (χ1) is 6.15. The summed E-state index contributed by atoms with van der Waals surface area (Å²) in [4.78, 5) is 15.9. The van der Waals surface area contributed by atoms with Gasteiger partial charge in [-0.25, -0.2) is 0 Å². The number of carbonyl (C=O) groups is 1. The van der Waals surface area contributed by atoms with Crippen LogP contribution in [0.2, 0.25) is 0 Å². The third-order valence-electron chi connectivity index (χ3n) is 1.39. The molecule has 0 atom stereocenters. The van der Waals surface area contributed by atoms with E-state index < -0.39 is 5.91 Å². The van der Waals surface area contributed by atoms with Gasteiger partial charge in [0, 0.05) is 21.8 Å². The predicted octanol–water partition coefficient (Wildman–Crippen LogP) is 2.61. The molecule has 70 valence electrons. The molecular weight excluding hydrogens is 257 g/mol. The molecule has 5 heteroatoms. The van der Waals surface area contributed by atoms with Crippen molar-refractivity contribution in [1.29, 1.82) is 0 Å². The molecule has 0 radical (unpaired) electrons. The Morgan fingerprint density at radius 2 is 2.31 bits per heavy atom. The van der Waals surface area contributed by atoms with Crippen LogP contribution in [-0.4, -0.2) is 17.6 Å². The van der Waals surface area contributed by atoms with Gasteiger partial charge in [-0.05, 0) is 18.2 Å². The average molecular weight is 265 g/mol. The molecule has 1 aromatic rings. The van der Waals surface area contributed by atoms with E-state index in [1.807, 2.05) is 6.07 Å². The Morgan fingerprint density at radius 3 is 2.85 bits per heavy atom. The highest BCUT2D eigenvalue weighted by Crippen LogP contribution is 2.14. The predicted molar refractivity (Wildman–Crippen MR) is 53.2 cm³/mol. The first-order valence-electron chi connectivity index (χ1n) is 3.45. The van der Waals surface area contributed by atoms with Gasteiger partial charge in [0.05, 0.1) is 7.11 Å². The number of halogens is 2. The molecular formula is C8H7BrClNO2. The maximum Gasteiger partial charge on any atom is 0.292 e. The van der Waals surface area contributed by atoms with Crippen LogP contribution in [0.1, 0.15) is 10.4 Å². The maximum atomic E-state index is 11.4. The molecule has 0 aliphatic heterocycles. The fraction of sp³-hybridized carbons (Fsp3) is 0.125. The van der Waals surface area contributed by atoms with Crippen molar-refractivity contribution >= 4 is 33.6 Å². The Kier molecular flexibility index (Phi) is 3.71. The molecule has 13 heavy (non-hydrogen) atoms. The van der Waals surface area contributed by atoms with E-state index in [0.29, 0.717) is 10.1 Å². The van der Waals surface area contributed by atoms with Crippen molar-refractivity contribution in [2.24, 2.45) is 0 Å². The molecule has 0 N–H and O–H groups in total. The lowest BCUT2D eigenvalue weighted by molar-refractivity contribution is -0.0274. The Morgan fingerprint density at radius 1 is 1.62 bits per heavy atom. The SMILES string of the molecule is CON(Cl)C(=O)c1cccc(Br)c1. The lowest BCUT2D eigenvalue weighted by atomic mass is 10.2. The zero-order valence-electron chi connectivity index (χ0n) is 6.83. The van der Waals surface area contributed by atoms with Gasteiger partial charge in [0.1, 0.15) is 0 Å². The highest BCUT2D eigenvalue weighted by Gasteiger charge is 2.12. The average Bonchev–Trinajstić information content (AvgIpc) is 2.15. The number of amides is 1. The van der Waals surface area contributed by atoms with E-state index in [1.54, 1.807) is 18.2 Å². The Labute approximate surface area is 89.4 Å². The number of hydrogen-bond acceptors (Lipinski definition) is 2. The highest BCUT2D eigenvalue weighted by molar-refractivity contribution is 9.10. The minimum absolute atomic E-state index is 0.398. The lowest BCUT2D eigenvalue weighted by Crippen LogP contribution is -2.19. The summed E-state index contributed by atoms with van der Waals surface area (Å²) < 4.78 is 1.47. The third-order valence-corrected chi connectivity index (χ3v) is 2.18. The second kappa shape index (κ2) is 4.60. The van der Waals surface area contributed by atoms with Crippen LogP contribution in [0, 0.1) is 0 Å². The molecule has 0 saturated carbocycles. The van der Waals surface area contributed by atoms with Crippen LogP contribution < -0.4 is 0 Å². The van der Waals surface area contributed by atoms with E-state index in [9.17, 15) is 4.79 Å². The molecule has 0 unspecified atom stereocenters. The maximum absolute atomic E-state index is 11.4. The molecule has 0 aromatic heterocycles. The highest BCUT2D eigenvalue weighted by atomic mass is 79.9. The fourth-order valence-corrected chi connectivity index (χ4v) is 1.30. The monoisotopic (exact) mass is 263 g/mol. The van der Waals surface area contributed by atoms with E-state index in [2.05, 4.69) is 20.8 Å². The molecule has 1 rings (SSSR count). The van der Waals surface area contributed by atoms with Crippen molar-refractivity contribution < 1.29 is 9.63 Å². The zero-order valence-corrected chi connectivity index (χ0v) is 9.17. The van der Waals surface area contributed by atoms with Crippen molar-refractivity contribution in [3.63, 3.8) is 0 Å². The van der Waals surface area contributed by atoms with Gasteiger partial charge < -0.3 is 0 Å². The largest absolute Gasteiger partial charge is 0.292 e. The van der Waals surface area contributed by atoms with Gasteiger partial charge in [-0.3, -0.25) is 9.63 Å². The summed E-state index contributed by atoms with van der Waals surface area (Å²) >= 11 is 8.70. The van der Waals surface area contributed by atoms with E-state index >= 15 is 0 Å².